The molecule has 0 N–H and O–H groups in total. The maximum Gasteiger partial charge on any atom is 0.299 e. The first-order valence-corrected chi connectivity index (χ1v) is 6.70. The summed E-state index contributed by atoms with van der Waals surface area (Å²) < 4.78 is 1.76. The highest BCUT2D eigenvalue weighted by molar-refractivity contribution is 5.83. The van der Waals surface area contributed by atoms with Crippen molar-refractivity contribution in [3.05, 3.63) is 28.3 Å². The lowest BCUT2D eigenvalue weighted by Crippen LogP contribution is -2.00. The molecular weight excluding hydrogens is 244 g/mol. The van der Waals surface area contributed by atoms with Crippen LogP contribution in [0.4, 0.5) is 5.69 Å². The molecular formula is C13H18N4O2. The van der Waals surface area contributed by atoms with Gasteiger partial charge in [0.2, 0.25) is 0 Å². The third kappa shape index (κ3) is 3.07. The number of hydrogen-bond acceptors (Lipinski definition) is 4. The number of nitrogens with zero attached hydrogens (tertiary/aromatic N) is 4. The van der Waals surface area contributed by atoms with Crippen molar-refractivity contribution in [1.82, 2.24) is 15.0 Å². The second-order valence-corrected chi connectivity index (χ2v) is 4.63. The Balaban J connectivity index is 2.08. The molecule has 0 saturated carbocycles. The van der Waals surface area contributed by atoms with E-state index in [4.69, 9.17) is 0 Å². The molecule has 102 valence electrons. The van der Waals surface area contributed by atoms with Gasteiger partial charge in [-0.3, -0.25) is 10.1 Å². The molecule has 1 heterocycles. The molecule has 2 rings (SSSR count). The highest BCUT2D eigenvalue weighted by atomic mass is 16.6. The minimum Gasteiger partial charge on any atom is -0.258 e. The minimum absolute atomic E-state index is 0.0229. The third-order valence-electron chi connectivity index (χ3n) is 3.19. The fourth-order valence-corrected chi connectivity index (χ4v) is 2.15. The maximum absolute atomic E-state index is 10.9. The zero-order chi connectivity index (χ0) is 13.7. The average molecular weight is 262 g/mol. The van der Waals surface area contributed by atoms with E-state index in [1.807, 2.05) is 6.07 Å². The summed E-state index contributed by atoms with van der Waals surface area (Å²) in [6.45, 7) is 2.95. The Hall–Kier alpha value is -1.98. The lowest BCUT2D eigenvalue weighted by molar-refractivity contribution is -0.383. The molecule has 0 unspecified atom stereocenters. The van der Waals surface area contributed by atoms with Crippen molar-refractivity contribution in [2.24, 2.45) is 0 Å². The Morgan fingerprint density at radius 3 is 2.79 bits per heavy atom. The lowest BCUT2D eigenvalue weighted by atomic mass is 10.1. The summed E-state index contributed by atoms with van der Waals surface area (Å²) in [5, 5.41) is 18.8. The summed E-state index contributed by atoms with van der Waals surface area (Å²) in [5.74, 6) is 0. The molecule has 0 saturated heterocycles. The summed E-state index contributed by atoms with van der Waals surface area (Å²) in [5.41, 5.74) is 1.14. The van der Waals surface area contributed by atoms with Gasteiger partial charge < -0.3 is 0 Å². The zero-order valence-electron chi connectivity index (χ0n) is 11.1. The Labute approximate surface area is 111 Å². The first-order chi connectivity index (χ1) is 9.24. The van der Waals surface area contributed by atoms with Gasteiger partial charge in [0, 0.05) is 12.6 Å². The van der Waals surface area contributed by atoms with Gasteiger partial charge >= 0.3 is 0 Å². The smallest absolute Gasteiger partial charge is 0.258 e. The van der Waals surface area contributed by atoms with E-state index in [1.54, 1.807) is 10.7 Å². The van der Waals surface area contributed by atoms with Gasteiger partial charge in [-0.2, -0.15) is 0 Å². The number of fused-ring (bicyclic) bond motifs is 1. The number of nitro benzene ring substituents is 1. The van der Waals surface area contributed by atoms with Gasteiger partial charge in [0.25, 0.3) is 5.69 Å². The topological polar surface area (TPSA) is 73.8 Å². The molecule has 6 heteroatoms. The van der Waals surface area contributed by atoms with Crippen molar-refractivity contribution in [3.8, 4) is 0 Å². The van der Waals surface area contributed by atoms with Crippen LogP contribution in [-0.2, 0) is 6.54 Å². The second kappa shape index (κ2) is 6.26. The van der Waals surface area contributed by atoms with Gasteiger partial charge in [0.15, 0.2) is 5.52 Å². The number of aryl methyl sites for hydroxylation is 1. The van der Waals surface area contributed by atoms with Crippen molar-refractivity contribution < 1.29 is 4.92 Å². The van der Waals surface area contributed by atoms with Crippen LogP contribution in [0.5, 0.6) is 0 Å². The number of nitro groups is 1. The highest BCUT2D eigenvalue weighted by Gasteiger charge is 2.16. The summed E-state index contributed by atoms with van der Waals surface area (Å²) in [7, 11) is 0. The van der Waals surface area contributed by atoms with Crippen LogP contribution >= 0.6 is 0 Å². The van der Waals surface area contributed by atoms with Crippen LogP contribution in [0.1, 0.15) is 39.0 Å². The largest absolute Gasteiger partial charge is 0.299 e. The SMILES string of the molecule is CCCCCCCn1nnc2c([N+](=O)[O-])cccc21. The average Bonchev–Trinajstić information content (AvgIpc) is 2.81. The van der Waals surface area contributed by atoms with E-state index in [1.165, 1.54) is 25.3 Å². The normalized spacial score (nSPS) is 11.0. The molecule has 0 spiro atoms. The molecule has 2 aromatic rings. The molecule has 1 aromatic heterocycles. The van der Waals surface area contributed by atoms with Crippen LogP contribution in [0.3, 0.4) is 0 Å². The van der Waals surface area contributed by atoms with Crippen molar-refractivity contribution in [1.29, 1.82) is 0 Å². The minimum atomic E-state index is -0.414. The van der Waals surface area contributed by atoms with Crippen LogP contribution in [0.15, 0.2) is 18.2 Å². The Morgan fingerprint density at radius 1 is 1.26 bits per heavy atom. The Kier molecular flexibility index (Phi) is 4.43. The molecule has 0 radical (unpaired) electrons. The van der Waals surface area contributed by atoms with Gasteiger partial charge in [-0.05, 0) is 12.5 Å². The van der Waals surface area contributed by atoms with Gasteiger partial charge in [0.1, 0.15) is 0 Å². The number of unbranched alkanes of at least 4 members (excludes halogenated alkanes) is 4. The monoisotopic (exact) mass is 262 g/mol. The van der Waals surface area contributed by atoms with Crippen molar-refractivity contribution >= 4 is 16.7 Å². The molecule has 6 nitrogen and oxygen atoms in total. The van der Waals surface area contributed by atoms with Crippen LogP contribution < -0.4 is 0 Å². The fraction of sp³-hybridized carbons (Fsp3) is 0.538. The van der Waals surface area contributed by atoms with E-state index < -0.39 is 4.92 Å². The van der Waals surface area contributed by atoms with Crippen LogP contribution in [0.2, 0.25) is 0 Å². The number of non-ortho nitro benzene ring substituents is 1. The highest BCUT2D eigenvalue weighted by Crippen LogP contribution is 2.22. The number of hydrogen-bond donors (Lipinski definition) is 0. The molecule has 0 aliphatic rings. The molecule has 0 aliphatic carbocycles. The van der Waals surface area contributed by atoms with Gasteiger partial charge in [0.05, 0.1) is 10.4 Å². The Morgan fingerprint density at radius 2 is 2.05 bits per heavy atom. The first-order valence-electron chi connectivity index (χ1n) is 6.70. The third-order valence-corrected chi connectivity index (χ3v) is 3.19. The summed E-state index contributed by atoms with van der Waals surface area (Å²) in [6.07, 6.45) is 5.89. The van der Waals surface area contributed by atoms with E-state index in [9.17, 15) is 10.1 Å². The standard InChI is InChI=1S/C13H18N4O2/c1-2-3-4-5-6-10-16-11-8-7-9-12(17(18)19)13(11)14-15-16/h7-9H,2-6,10H2,1H3. The lowest BCUT2D eigenvalue weighted by Gasteiger charge is -2.02. The fourth-order valence-electron chi connectivity index (χ4n) is 2.15. The molecule has 19 heavy (non-hydrogen) atoms. The summed E-state index contributed by atoms with van der Waals surface area (Å²) in [6, 6.07) is 4.97. The molecule has 0 bridgehead atoms. The Bertz CT molecular complexity index is 565. The second-order valence-electron chi connectivity index (χ2n) is 4.63. The van der Waals surface area contributed by atoms with E-state index in [2.05, 4.69) is 17.2 Å². The number of rotatable bonds is 7. The summed E-state index contributed by atoms with van der Waals surface area (Å²) in [4.78, 5) is 10.5. The van der Waals surface area contributed by atoms with Crippen LogP contribution in [0.25, 0.3) is 11.0 Å². The van der Waals surface area contributed by atoms with Gasteiger partial charge in [-0.15, -0.1) is 5.10 Å². The van der Waals surface area contributed by atoms with Gasteiger partial charge in [-0.1, -0.05) is 43.9 Å². The molecule has 0 aliphatic heterocycles. The summed E-state index contributed by atoms with van der Waals surface area (Å²) >= 11 is 0. The molecule has 0 fully saturated rings. The molecule has 1 aromatic carbocycles. The van der Waals surface area contributed by atoms with Crippen molar-refractivity contribution in [3.63, 3.8) is 0 Å². The maximum atomic E-state index is 10.9. The molecule has 0 atom stereocenters. The zero-order valence-corrected chi connectivity index (χ0v) is 11.1. The van der Waals surface area contributed by atoms with E-state index in [0.29, 0.717) is 5.52 Å². The van der Waals surface area contributed by atoms with E-state index in [0.717, 1.165) is 24.9 Å². The molecule has 0 amide bonds. The predicted octanol–water partition coefficient (Wildman–Crippen LogP) is 3.31. The number of benzene rings is 1. The van der Waals surface area contributed by atoms with E-state index in [-0.39, 0.29) is 5.69 Å². The predicted molar refractivity (Wildman–Crippen MR) is 72.9 cm³/mol. The quantitative estimate of drug-likeness (QED) is 0.436. The van der Waals surface area contributed by atoms with Crippen molar-refractivity contribution in [2.45, 2.75) is 45.6 Å². The van der Waals surface area contributed by atoms with E-state index >= 15 is 0 Å². The van der Waals surface area contributed by atoms with Crippen LogP contribution in [-0.4, -0.2) is 19.9 Å². The number of aromatic nitrogens is 3. The van der Waals surface area contributed by atoms with Crippen LogP contribution in [0, 0.1) is 10.1 Å². The van der Waals surface area contributed by atoms with Crippen molar-refractivity contribution in [2.75, 3.05) is 0 Å². The first kappa shape index (κ1) is 13.5. The van der Waals surface area contributed by atoms with Gasteiger partial charge in [-0.25, -0.2) is 4.68 Å².